The first kappa shape index (κ1) is 14.3. The van der Waals surface area contributed by atoms with Crippen LogP contribution in [-0.2, 0) is 4.79 Å². The maximum Gasteiger partial charge on any atom is 0.266 e. The second kappa shape index (κ2) is 5.61. The highest BCUT2D eigenvalue weighted by atomic mass is 32.1. The van der Waals surface area contributed by atoms with Crippen molar-refractivity contribution in [3.05, 3.63) is 23.0 Å². The van der Waals surface area contributed by atoms with Crippen LogP contribution in [0.1, 0.15) is 38.5 Å². The molecular formula is C15H18N2O3S. The summed E-state index contributed by atoms with van der Waals surface area (Å²) in [5.74, 6) is -0.173. The van der Waals surface area contributed by atoms with Crippen LogP contribution in [0.15, 0.2) is 22.6 Å². The van der Waals surface area contributed by atoms with E-state index in [2.05, 4.69) is 10.3 Å². The van der Waals surface area contributed by atoms with E-state index in [0.29, 0.717) is 28.9 Å². The van der Waals surface area contributed by atoms with Crippen molar-refractivity contribution in [3.63, 3.8) is 0 Å². The van der Waals surface area contributed by atoms with Crippen molar-refractivity contribution in [2.45, 2.75) is 44.1 Å². The minimum Gasteiger partial charge on any atom is -0.429 e. The number of rotatable bonds is 3. The highest BCUT2D eigenvalue weighted by molar-refractivity contribution is 7.71. The van der Waals surface area contributed by atoms with E-state index in [1.807, 2.05) is 0 Å². The molecule has 1 aliphatic rings. The zero-order chi connectivity index (χ0) is 14.9. The number of aliphatic hydroxyl groups is 1. The fourth-order valence-electron chi connectivity index (χ4n) is 2.91. The summed E-state index contributed by atoms with van der Waals surface area (Å²) >= 11 is 4.92. The van der Waals surface area contributed by atoms with E-state index in [4.69, 9.17) is 16.6 Å². The predicted molar refractivity (Wildman–Crippen MR) is 82.7 cm³/mol. The van der Waals surface area contributed by atoms with Crippen LogP contribution in [0.4, 0.5) is 5.69 Å². The molecule has 0 radical (unpaired) electrons. The van der Waals surface area contributed by atoms with Crippen LogP contribution in [-0.4, -0.2) is 21.6 Å². The monoisotopic (exact) mass is 306 g/mol. The number of H-pyrrole nitrogens is 1. The molecule has 1 aromatic heterocycles. The Labute approximate surface area is 127 Å². The van der Waals surface area contributed by atoms with Gasteiger partial charge in [-0.1, -0.05) is 19.3 Å². The quantitative estimate of drug-likeness (QED) is 0.758. The number of hydrogen-bond acceptors (Lipinski definition) is 4. The number of anilines is 1. The molecule has 1 amide bonds. The Kier molecular flexibility index (Phi) is 3.82. The Morgan fingerprint density at radius 3 is 2.90 bits per heavy atom. The Morgan fingerprint density at radius 1 is 1.38 bits per heavy atom. The molecule has 1 fully saturated rings. The van der Waals surface area contributed by atoms with Crippen molar-refractivity contribution in [1.29, 1.82) is 0 Å². The summed E-state index contributed by atoms with van der Waals surface area (Å²) in [4.78, 5) is 15.3. The third-order valence-corrected chi connectivity index (χ3v) is 4.16. The molecule has 0 spiro atoms. The van der Waals surface area contributed by atoms with Crippen molar-refractivity contribution in [2.24, 2.45) is 0 Å². The first-order valence-corrected chi connectivity index (χ1v) is 7.60. The molecule has 112 valence electrons. The molecule has 1 heterocycles. The van der Waals surface area contributed by atoms with Gasteiger partial charge in [0.2, 0.25) is 5.91 Å². The van der Waals surface area contributed by atoms with E-state index < -0.39 is 5.60 Å². The molecule has 0 saturated heterocycles. The number of aromatic amines is 1. The fourth-order valence-corrected chi connectivity index (χ4v) is 3.11. The van der Waals surface area contributed by atoms with Crippen LogP contribution in [0.3, 0.4) is 0 Å². The molecule has 5 nitrogen and oxygen atoms in total. The lowest BCUT2D eigenvalue weighted by Crippen LogP contribution is -2.35. The summed E-state index contributed by atoms with van der Waals surface area (Å²) in [6.45, 7) is 0. The van der Waals surface area contributed by atoms with E-state index in [9.17, 15) is 9.90 Å². The highest BCUT2D eigenvalue weighted by Crippen LogP contribution is 2.31. The number of oxazole rings is 1. The second-order valence-corrected chi connectivity index (χ2v) is 6.11. The van der Waals surface area contributed by atoms with Gasteiger partial charge in [0.25, 0.3) is 4.84 Å². The molecule has 3 N–H and O–H groups in total. The molecule has 0 bridgehead atoms. The Morgan fingerprint density at radius 2 is 2.14 bits per heavy atom. The number of nitrogens with one attached hydrogen (secondary N) is 2. The maximum absolute atomic E-state index is 12.1. The highest BCUT2D eigenvalue weighted by Gasteiger charge is 2.31. The predicted octanol–water partition coefficient (Wildman–Crippen LogP) is 3.51. The third-order valence-electron chi connectivity index (χ3n) is 3.98. The Hall–Kier alpha value is -1.66. The normalized spacial score (nSPS) is 17.8. The number of hydrogen-bond donors (Lipinski definition) is 3. The van der Waals surface area contributed by atoms with Gasteiger partial charge < -0.3 is 19.8 Å². The molecular weight excluding hydrogens is 288 g/mol. The van der Waals surface area contributed by atoms with Gasteiger partial charge in [-0.05, 0) is 37.2 Å². The van der Waals surface area contributed by atoms with Crippen LogP contribution in [0, 0.1) is 4.84 Å². The van der Waals surface area contributed by atoms with Crippen LogP contribution < -0.4 is 5.32 Å². The summed E-state index contributed by atoms with van der Waals surface area (Å²) in [5.41, 5.74) is 1.20. The Bertz CT molecular complexity index is 713. The summed E-state index contributed by atoms with van der Waals surface area (Å²) in [6.07, 6.45) is 4.65. The largest absolute Gasteiger partial charge is 0.429 e. The first-order valence-electron chi connectivity index (χ1n) is 7.19. The minimum absolute atomic E-state index is 0.140. The zero-order valence-corrected chi connectivity index (χ0v) is 12.5. The molecule has 1 saturated carbocycles. The van der Waals surface area contributed by atoms with E-state index in [1.165, 1.54) is 0 Å². The second-order valence-electron chi connectivity index (χ2n) is 5.74. The van der Waals surface area contributed by atoms with Crippen LogP contribution in [0.5, 0.6) is 0 Å². The van der Waals surface area contributed by atoms with Crippen LogP contribution in [0.25, 0.3) is 11.1 Å². The van der Waals surface area contributed by atoms with Crippen molar-refractivity contribution in [2.75, 3.05) is 5.32 Å². The third kappa shape index (κ3) is 3.33. The topological polar surface area (TPSA) is 78.3 Å². The fraction of sp³-hybridized carbons (Fsp3) is 0.467. The SMILES string of the molecule is O=C(CC1(O)CCCCC1)Nc1ccc2[nH]c(=S)oc2c1. The van der Waals surface area contributed by atoms with Gasteiger partial charge in [-0.2, -0.15) is 0 Å². The molecule has 2 aromatic rings. The maximum atomic E-state index is 12.1. The van der Waals surface area contributed by atoms with Gasteiger partial charge in [0, 0.05) is 11.8 Å². The van der Waals surface area contributed by atoms with Crippen LogP contribution in [0.2, 0.25) is 0 Å². The van der Waals surface area contributed by atoms with Gasteiger partial charge in [-0.3, -0.25) is 4.79 Å². The molecule has 0 aliphatic heterocycles. The van der Waals surface area contributed by atoms with Crippen molar-refractivity contribution in [3.8, 4) is 0 Å². The number of benzene rings is 1. The molecule has 0 unspecified atom stereocenters. The number of aromatic nitrogens is 1. The first-order chi connectivity index (χ1) is 10.0. The summed E-state index contributed by atoms with van der Waals surface area (Å²) in [6, 6.07) is 5.32. The van der Waals surface area contributed by atoms with Crippen molar-refractivity contribution < 1.29 is 14.3 Å². The summed E-state index contributed by atoms with van der Waals surface area (Å²) in [5, 5.41) is 13.2. The number of carbonyl (C=O) groups is 1. The minimum atomic E-state index is -0.849. The van der Waals surface area contributed by atoms with Gasteiger partial charge in [-0.15, -0.1) is 0 Å². The Balaban J connectivity index is 1.69. The molecule has 1 aliphatic carbocycles. The lowest BCUT2D eigenvalue weighted by Gasteiger charge is -2.31. The standard InChI is InChI=1S/C15H18N2O3S/c18-13(9-15(19)6-2-1-3-7-15)16-10-4-5-11-12(8-10)20-14(21)17-11/h4-5,8,19H,1-3,6-7,9H2,(H,16,18)(H,17,21). The lowest BCUT2D eigenvalue weighted by molar-refractivity contribution is -0.122. The zero-order valence-electron chi connectivity index (χ0n) is 11.6. The number of amides is 1. The average Bonchev–Trinajstić information content (AvgIpc) is 2.78. The van der Waals surface area contributed by atoms with Gasteiger partial charge >= 0.3 is 0 Å². The van der Waals surface area contributed by atoms with Gasteiger partial charge in [0.05, 0.1) is 17.5 Å². The number of fused-ring (bicyclic) bond motifs is 1. The van der Waals surface area contributed by atoms with E-state index >= 15 is 0 Å². The number of carbonyl (C=O) groups excluding carboxylic acids is 1. The average molecular weight is 306 g/mol. The lowest BCUT2D eigenvalue weighted by atomic mass is 9.82. The molecule has 21 heavy (non-hydrogen) atoms. The smallest absolute Gasteiger partial charge is 0.266 e. The van der Waals surface area contributed by atoms with E-state index in [0.717, 1.165) is 24.8 Å². The molecule has 3 rings (SSSR count). The van der Waals surface area contributed by atoms with E-state index in [-0.39, 0.29) is 12.3 Å². The van der Waals surface area contributed by atoms with Crippen molar-refractivity contribution >= 4 is 34.9 Å². The van der Waals surface area contributed by atoms with Gasteiger partial charge in [0.1, 0.15) is 0 Å². The summed E-state index contributed by atoms with van der Waals surface area (Å²) in [7, 11) is 0. The molecule has 0 atom stereocenters. The van der Waals surface area contributed by atoms with Crippen molar-refractivity contribution in [1.82, 2.24) is 4.98 Å². The molecule has 6 heteroatoms. The summed E-state index contributed by atoms with van der Waals surface area (Å²) < 4.78 is 5.32. The van der Waals surface area contributed by atoms with E-state index in [1.54, 1.807) is 18.2 Å². The van der Waals surface area contributed by atoms with Gasteiger partial charge in [0.15, 0.2) is 5.58 Å². The van der Waals surface area contributed by atoms with Gasteiger partial charge in [-0.25, -0.2) is 0 Å². The molecule has 1 aromatic carbocycles. The van der Waals surface area contributed by atoms with Crippen LogP contribution >= 0.6 is 12.2 Å².